The monoisotopic (exact) mass is 188 g/mol. The molecule has 5 heteroatoms. The number of amides is 1. The molecule has 0 aromatic rings. The lowest BCUT2D eigenvalue weighted by molar-refractivity contribution is -0.120. The van der Waals surface area contributed by atoms with Gasteiger partial charge in [-0.05, 0) is 25.3 Å². The molecule has 1 saturated heterocycles. The Kier molecular flexibility index (Phi) is 3.63. The molecule has 0 aromatic heterocycles. The first-order valence-corrected chi connectivity index (χ1v) is 5.05. The summed E-state index contributed by atoms with van der Waals surface area (Å²) in [5.41, 5.74) is 5.14. The van der Waals surface area contributed by atoms with Gasteiger partial charge in [-0.25, -0.2) is 0 Å². The third-order valence-electron chi connectivity index (χ3n) is 2.19. The largest absolute Gasteiger partial charge is 0.368 e. The second-order valence-electron chi connectivity index (χ2n) is 3.11. The maximum atomic E-state index is 10.8. The zero-order valence-corrected chi connectivity index (χ0v) is 7.72. The van der Waals surface area contributed by atoms with Crippen LogP contribution < -0.4 is 11.1 Å². The van der Waals surface area contributed by atoms with Crippen molar-refractivity contribution in [1.82, 2.24) is 5.32 Å². The minimum absolute atomic E-state index is 0.167. The Labute approximate surface area is 73.1 Å². The van der Waals surface area contributed by atoms with Gasteiger partial charge in [-0.3, -0.25) is 9.36 Å². The van der Waals surface area contributed by atoms with Crippen molar-refractivity contribution in [2.75, 3.05) is 12.7 Å². The third-order valence-corrected chi connectivity index (χ3v) is 2.85. The number of hydrogen-bond acceptors (Lipinski definition) is 3. The SMILES string of the molecule is NC(=O)[C@H]1C[C@@H](CP=O)CCN1. The molecule has 68 valence electrons. The third kappa shape index (κ3) is 2.54. The number of nitrogens with two attached hydrogens (primary N) is 1. The highest BCUT2D eigenvalue weighted by molar-refractivity contribution is 7.23. The standard InChI is InChI=1S/C7H13N2O2P/c8-7(10)6-3-5(4-12-11)1-2-9-6/h5-6,9H,1-4H2,(H2,8,10)/t5-,6+/m0/s1. The highest BCUT2D eigenvalue weighted by atomic mass is 31.1. The number of nitrogens with one attached hydrogen (secondary N) is 1. The number of piperidine rings is 1. The van der Waals surface area contributed by atoms with Crippen LogP contribution in [0, 0.1) is 5.92 Å². The van der Waals surface area contributed by atoms with Crippen LogP contribution in [0.3, 0.4) is 0 Å². The van der Waals surface area contributed by atoms with Crippen molar-refractivity contribution in [1.29, 1.82) is 0 Å². The number of carbonyl (C=O) groups is 1. The van der Waals surface area contributed by atoms with Crippen molar-refractivity contribution in [2.24, 2.45) is 11.7 Å². The minimum Gasteiger partial charge on any atom is -0.368 e. The van der Waals surface area contributed by atoms with E-state index in [0.717, 1.165) is 19.4 Å². The lowest BCUT2D eigenvalue weighted by Crippen LogP contribution is -2.47. The zero-order chi connectivity index (χ0) is 8.97. The molecule has 0 spiro atoms. The van der Waals surface area contributed by atoms with Crippen LogP contribution in [0.15, 0.2) is 0 Å². The second kappa shape index (κ2) is 4.53. The van der Waals surface area contributed by atoms with Crippen LogP contribution in [-0.4, -0.2) is 24.7 Å². The van der Waals surface area contributed by atoms with Crippen molar-refractivity contribution in [2.45, 2.75) is 18.9 Å². The lowest BCUT2D eigenvalue weighted by atomic mass is 9.94. The molecular formula is C7H13N2O2P. The summed E-state index contributed by atoms with van der Waals surface area (Å²) < 4.78 is 10.3. The van der Waals surface area contributed by atoms with Gasteiger partial charge in [0.1, 0.15) is 0 Å². The quantitative estimate of drug-likeness (QED) is 0.618. The first kappa shape index (κ1) is 9.62. The van der Waals surface area contributed by atoms with E-state index < -0.39 is 0 Å². The van der Waals surface area contributed by atoms with Crippen molar-refractivity contribution >= 4 is 14.4 Å². The van der Waals surface area contributed by atoms with E-state index in [1.807, 2.05) is 0 Å². The number of rotatable bonds is 3. The lowest BCUT2D eigenvalue weighted by Gasteiger charge is -2.26. The topological polar surface area (TPSA) is 72.2 Å². The maximum Gasteiger partial charge on any atom is 0.234 e. The molecule has 0 aromatic carbocycles. The Morgan fingerprint density at radius 2 is 2.42 bits per heavy atom. The van der Waals surface area contributed by atoms with Crippen LogP contribution >= 0.6 is 8.46 Å². The molecule has 1 fully saturated rings. The molecule has 0 saturated carbocycles. The van der Waals surface area contributed by atoms with E-state index in [1.54, 1.807) is 0 Å². The summed E-state index contributed by atoms with van der Waals surface area (Å²) >= 11 is 0. The fourth-order valence-corrected chi connectivity index (χ4v) is 2.03. The minimum atomic E-state index is -0.303. The van der Waals surface area contributed by atoms with Crippen LogP contribution in [0.25, 0.3) is 0 Å². The maximum absolute atomic E-state index is 10.8. The summed E-state index contributed by atoms with van der Waals surface area (Å²) in [6, 6.07) is -0.217. The summed E-state index contributed by atoms with van der Waals surface area (Å²) in [7, 11) is 0.167. The molecule has 1 aliphatic heterocycles. The van der Waals surface area contributed by atoms with E-state index >= 15 is 0 Å². The molecule has 12 heavy (non-hydrogen) atoms. The van der Waals surface area contributed by atoms with Gasteiger partial charge in [0.25, 0.3) is 0 Å². The summed E-state index contributed by atoms with van der Waals surface area (Å²) in [5.74, 6) is 0.0742. The van der Waals surface area contributed by atoms with Gasteiger partial charge < -0.3 is 11.1 Å². The van der Waals surface area contributed by atoms with E-state index in [4.69, 9.17) is 5.73 Å². The van der Waals surface area contributed by atoms with Crippen LogP contribution in [0.4, 0.5) is 0 Å². The summed E-state index contributed by atoms with van der Waals surface area (Å²) in [6.07, 6.45) is 2.36. The predicted molar refractivity (Wildman–Crippen MR) is 46.2 cm³/mol. The van der Waals surface area contributed by atoms with E-state index in [2.05, 4.69) is 5.32 Å². The Bertz CT molecular complexity index is 186. The summed E-state index contributed by atoms with van der Waals surface area (Å²) in [6.45, 7) is 0.799. The Morgan fingerprint density at radius 3 is 3.00 bits per heavy atom. The molecule has 4 nitrogen and oxygen atoms in total. The zero-order valence-electron chi connectivity index (χ0n) is 6.82. The van der Waals surface area contributed by atoms with Crippen LogP contribution in [-0.2, 0) is 9.36 Å². The highest BCUT2D eigenvalue weighted by Crippen LogP contribution is 2.19. The van der Waals surface area contributed by atoms with Crippen LogP contribution in [0.1, 0.15) is 12.8 Å². The van der Waals surface area contributed by atoms with Gasteiger partial charge in [-0.15, -0.1) is 0 Å². The van der Waals surface area contributed by atoms with Gasteiger partial charge in [0.2, 0.25) is 5.91 Å². The number of hydrogen-bond donors (Lipinski definition) is 2. The molecule has 2 atom stereocenters. The van der Waals surface area contributed by atoms with Gasteiger partial charge in [-0.2, -0.15) is 0 Å². The van der Waals surface area contributed by atoms with Gasteiger partial charge in [0.05, 0.1) is 6.04 Å². The van der Waals surface area contributed by atoms with Crippen molar-refractivity contribution in [3.63, 3.8) is 0 Å². The van der Waals surface area contributed by atoms with Crippen LogP contribution in [0.2, 0.25) is 0 Å². The Hall–Kier alpha value is -0.470. The van der Waals surface area contributed by atoms with E-state index in [1.165, 1.54) is 0 Å². The van der Waals surface area contributed by atoms with Crippen molar-refractivity contribution in [3.05, 3.63) is 0 Å². The van der Waals surface area contributed by atoms with Gasteiger partial charge >= 0.3 is 0 Å². The Balaban J connectivity index is 2.39. The predicted octanol–water partition coefficient (Wildman–Crippen LogP) is 0.132. The number of primary amides is 1. The molecule has 3 N–H and O–H groups in total. The molecule has 1 heterocycles. The van der Waals surface area contributed by atoms with E-state index in [-0.39, 0.29) is 20.4 Å². The van der Waals surface area contributed by atoms with Crippen molar-refractivity contribution in [3.8, 4) is 0 Å². The number of carbonyl (C=O) groups excluding carboxylic acids is 1. The van der Waals surface area contributed by atoms with Gasteiger partial charge in [-0.1, -0.05) is 0 Å². The fourth-order valence-electron chi connectivity index (χ4n) is 1.48. The normalized spacial score (nSPS) is 30.3. The van der Waals surface area contributed by atoms with Crippen LogP contribution in [0.5, 0.6) is 0 Å². The molecular weight excluding hydrogens is 175 g/mol. The molecule has 0 bridgehead atoms. The molecule has 1 aliphatic rings. The van der Waals surface area contributed by atoms with Gasteiger partial charge in [0, 0.05) is 6.16 Å². The smallest absolute Gasteiger partial charge is 0.234 e. The molecule has 1 rings (SSSR count). The van der Waals surface area contributed by atoms with Gasteiger partial charge in [0.15, 0.2) is 8.46 Å². The average Bonchev–Trinajstić information content (AvgIpc) is 2.05. The molecule has 0 aliphatic carbocycles. The molecule has 0 unspecified atom stereocenters. The summed E-state index contributed by atoms with van der Waals surface area (Å²) in [4.78, 5) is 10.8. The van der Waals surface area contributed by atoms with Crippen molar-refractivity contribution < 1.29 is 9.36 Å². The highest BCUT2D eigenvalue weighted by Gasteiger charge is 2.24. The van der Waals surface area contributed by atoms with E-state index in [9.17, 15) is 9.36 Å². The van der Waals surface area contributed by atoms with E-state index in [0.29, 0.717) is 12.1 Å². The molecule has 0 radical (unpaired) electrons. The summed E-state index contributed by atoms with van der Waals surface area (Å²) in [5, 5.41) is 3.03. The first-order valence-electron chi connectivity index (χ1n) is 4.06. The first-order chi connectivity index (χ1) is 5.74. The average molecular weight is 188 g/mol. The fraction of sp³-hybridized carbons (Fsp3) is 0.857. The molecule has 1 amide bonds. The second-order valence-corrected chi connectivity index (χ2v) is 3.73. The Morgan fingerprint density at radius 1 is 1.67 bits per heavy atom.